The quantitative estimate of drug-likeness (QED) is 0.378. The summed E-state index contributed by atoms with van der Waals surface area (Å²) in [6, 6.07) is 0. The summed E-state index contributed by atoms with van der Waals surface area (Å²) >= 11 is 0. The van der Waals surface area contributed by atoms with Gasteiger partial charge in [0.25, 0.3) is 0 Å². The van der Waals surface area contributed by atoms with Crippen LogP contribution in [0.1, 0.15) is 0 Å². The topological polar surface area (TPSA) is 149 Å². The van der Waals surface area contributed by atoms with E-state index in [2.05, 4.69) is 0 Å². The van der Waals surface area contributed by atoms with Gasteiger partial charge in [0.1, 0.15) is 0 Å². The molecule has 0 aliphatic rings. The van der Waals surface area contributed by atoms with E-state index >= 15 is 0 Å². The molecule has 0 aromatic heterocycles. The Hall–Kier alpha value is 0.954. The average molecular weight is 304 g/mol. The molecule has 4 N–H and O–H groups in total. The molecular weight excluding hydrogens is 300 g/mol. The van der Waals surface area contributed by atoms with Crippen LogP contribution in [0.3, 0.4) is 0 Å². The Morgan fingerprint density at radius 1 is 0.538 bits per heavy atom. The number of rotatable bonds is 0. The third-order valence-electron chi connectivity index (χ3n) is 0. The van der Waals surface area contributed by atoms with Gasteiger partial charge in [-0.2, -0.15) is 0 Å². The van der Waals surface area contributed by atoms with Crippen LogP contribution >= 0.6 is 34.7 Å². The molecule has 13 heteroatoms. The van der Waals surface area contributed by atoms with Gasteiger partial charge in [-0.05, 0) is 0 Å². The maximum absolute atomic E-state index is 8.46. The Balaban J connectivity index is -0.0000000213. The Morgan fingerprint density at radius 2 is 0.538 bits per heavy atom. The molecule has 8 nitrogen and oxygen atoms in total. The molecule has 0 heterocycles. The first-order valence-electron chi connectivity index (χ1n) is 1.53. The van der Waals surface area contributed by atoms with Crippen molar-refractivity contribution >= 4 is 34.7 Å². The summed E-state index contributed by atoms with van der Waals surface area (Å²) in [5.41, 5.74) is 0. The third-order valence-corrected chi connectivity index (χ3v) is 0. The fourth-order valence-corrected chi connectivity index (χ4v) is 0. The molecule has 0 atom stereocenters. The van der Waals surface area contributed by atoms with Gasteiger partial charge in [-0.3, -0.25) is 0 Å². The van der Waals surface area contributed by atoms with Crippen LogP contribution in [0.15, 0.2) is 0 Å². The predicted octanol–water partition coefficient (Wildman–Crippen LogP) is 0.739. The summed E-state index contributed by atoms with van der Waals surface area (Å²) in [4.78, 5) is 27.9. The van der Waals surface area contributed by atoms with E-state index in [0.29, 0.717) is 0 Å². The molecule has 0 amide bonds. The predicted molar refractivity (Wildman–Crippen MR) is 39.3 cm³/mol. The second-order valence-electron chi connectivity index (χ2n) is 0.327. The normalized spacial score (nSPS) is 6.46. The fraction of sp³-hybridized carbons (Fsp3) is 0. The van der Waals surface area contributed by atoms with Gasteiger partial charge in [-0.1, -0.05) is 0 Å². The zero-order chi connectivity index (χ0) is 10.8. The molecule has 0 aliphatic carbocycles. The maximum atomic E-state index is 8.46. The van der Waals surface area contributed by atoms with Crippen LogP contribution in [0, 0.1) is 0 Å². The zero-order valence-corrected chi connectivity index (χ0v) is 10.8. The van der Waals surface area contributed by atoms with Crippen molar-refractivity contribution in [2.24, 2.45) is 0 Å². The van der Waals surface area contributed by atoms with Crippen molar-refractivity contribution in [3.63, 3.8) is 0 Å². The van der Waals surface area contributed by atoms with Crippen molar-refractivity contribution in [3.8, 4) is 0 Å². The maximum Gasteiger partial charge on any atom is 4.00 e. The SMILES string of the molecule is O=PO.O=PO.O=PO.O=PO.[Ti+4]. The van der Waals surface area contributed by atoms with Crippen molar-refractivity contribution in [2.75, 3.05) is 0 Å². The summed E-state index contributed by atoms with van der Waals surface area (Å²) in [6.45, 7) is 0. The first kappa shape index (κ1) is 29.2. The Morgan fingerprint density at radius 3 is 0.538 bits per heavy atom. The standard InChI is InChI=1S/4HO2P.Ti/c4*1-3-2;/h4*(H,1,2);/q;;;;+4. The van der Waals surface area contributed by atoms with Crippen LogP contribution in [0.5, 0.6) is 0 Å². The molecule has 0 bridgehead atoms. The minimum Gasteiger partial charge on any atom is -0.310 e. The second-order valence-corrected chi connectivity index (χ2v) is 0.980. The van der Waals surface area contributed by atoms with Gasteiger partial charge in [0, 0.05) is 0 Å². The summed E-state index contributed by atoms with van der Waals surface area (Å²) in [5, 5.41) is 0. The molecule has 0 fully saturated rings. The summed E-state index contributed by atoms with van der Waals surface area (Å²) in [7, 11) is -3.33. The van der Waals surface area contributed by atoms with Crippen molar-refractivity contribution < 1.29 is 59.6 Å². The van der Waals surface area contributed by atoms with Gasteiger partial charge >= 0.3 is 56.5 Å². The van der Waals surface area contributed by atoms with Crippen LogP contribution in [-0.4, -0.2) is 19.6 Å². The van der Waals surface area contributed by atoms with E-state index < -0.39 is 34.7 Å². The minimum atomic E-state index is -0.833. The largest absolute Gasteiger partial charge is 4.00 e. The molecule has 0 spiro atoms. The van der Waals surface area contributed by atoms with E-state index in [0.717, 1.165) is 0 Å². The smallest absolute Gasteiger partial charge is 0.310 e. The van der Waals surface area contributed by atoms with E-state index in [9.17, 15) is 0 Å². The Kier molecular flexibility index (Phi) is 169. The van der Waals surface area contributed by atoms with E-state index in [4.69, 9.17) is 37.8 Å². The van der Waals surface area contributed by atoms with Gasteiger partial charge < -0.3 is 19.6 Å². The molecule has 0 aromatic rings. The molecular formula is H4O8P4Ti+4. The van der Waals surface area contributed by atoms with E-state index in [1.165, 1.54) is 0 Å². The van der Waals surface area contributed by atoms with Crippen LogP contribution in [0.25, 0.3) is 0 Å². The molecule has 0 saturated carbocycles. The van der Waals surface area contributed by atoms with Gasteiger partial charge in [0.2, 0.25) is 0 Å². The summed E-state index contributed by atoms with van der Waals surface area (Å²) in [6.07, 6.45) is 0. The first-order chi connectivity index (χ1) is 5.66. The minimum absolute atomic E-state index is 0. The number of hydrogen-bond acceptors (Lipinski definition) is 4. The zero-order valence-electron chi connectivity index (χ0n) is 5.71. The molecule has 0 saturated heterocycles. The van der Waals surface area contributed by atoms with Crippen LogP contribution in [0.4, 0.5) is 0 Å². The molecule has 72 valence electrons. The van der Waals surface area contributed by atoms with Gasteiger partial charge in [-0.15, -0.1) is 0 Å². The molecule has 0 aromatic carbocycles. The van der Waals surface area contributed by atoms with Gasteiger partial charge in [0.15, 0.2) is 0 Å². The number of hydrogen-bond donors (Lipinski definition) is 4. The monoisotopic (exact) mass is 304 g/mol. The van der Waals surface area contributed by atoms with Crippen LogP contribution < -0.4 is 0 Å². The van der Waals surface area contributed by atoms with Crippen molar-refractivity contribution in [2.45, 2.75) is 0 Å². The van der Waals surface area contributed by atoms with Gasteiger partial charge in [-0.25, -0.2) is 18.3 Å². The molecule has 0 radical (unpaired) electrons. The van der Waals surface area contributed by atoms with Gasteiger partial charge in [0.05, 0.1) is 0 Å². The second kappa shape index (κ2) is 75.4. The summed E-state index contributed by atoms with van der Waals surface area (Å²) < 4.78 is 33.8. The van der Waals surface area contributed by atoms with Crippen molar-refractivity contribution in [1.82, 2.24) is 0 Å². The van der Waals surface area contributed by atoms with E-state index in [-0.39, 0.29) is 21.7 Å². The van der Waals surface area contributed by atoms with Crippen LogP contribution in [-0.2, 0) is 40.0 Å². The van der Waals surface area contributed by atoms with Crippen molar-refractivity contribution in [3.05, 3.63) is 0 Å². The average Bonchev–Trinajstić information content (AvgIpc) is 1.92. The first-order valence-corrected chi connectivity index (χ1v) is 4.59. The van der Waals surface area contributed by atoms with E-state index in [1.807, 2.05) is 0 Å². The van der Waals surface area contributed by atoms with Crippen LogP contribution in [0.2, 0.25) is 0 Å². The fourth-order valence-electron chi connectivity index (χ4n) is 0. The summed E-state index contributed by atoms with van der Waals surface area (Å²) in [5.74, 6) is 0. The molecule has 0 rings (SSSR count). The Labute approximate surface area is 94.4 Å². The molecule has 0 unspecified atom stereocenters. The van der Waals surface area contributed by atoms with Crippen molar-refractivity contribution in [1.29, 1.82) is 0 Å². The van der Waals surface area contributed by atoms with E-state index in [1.54, 1.807) is 0 Å². The Bertz CT molecular complexity index is 70.1. The molecule has 0 aliphatic heterocycles. The molecule has 13 heavy (non-hydrogen) atoms. The third kappa shape index (κ3) is 1710.